The van der Waals surface area contributed by atoms with Gasteiger partial charge >= 0.3 is 0 Å². The third-order valence-electron chi connectivity index (χ3n) is 7.06. The molecule has 5 rings (SSSR count). The lowest BCUT2D eigenvalue weighted by atomic mass is 9.86. The van der Waals surface area contributed by atoms with Crippen LogP contribution < -0.4 is 16.8 Å². The van der Waals surface area contributed by atoms with Crippen molar-refractivity contribution in [1.29, 1.82) is 0 Å². The van der Waals surface area contributed by atoms with Crippen molar-refractivity contribution in [2.45, 2.75) is 56.5 Å². The Bertz CT molecular complexity index is 1050. The van der Waals surface area contributed by atoms with Gasteiger partial charge in [-0.25, -0.2) is 0 Å². The molecule has 5 N–H and O–H groups in total. The van der Waals surface area contributed by atoms with Gasteiger partial charge in [-0.1, -0.05) is 11.2 Å². The number of amides is 2. The summed E-state index contributed by atoms with van der Waals surface area (Å²) in [5.41, 5.74) is 14.1. The number of ether oxygens (including phenoxy) is 1. The first-order valence-electron chi connectivity index (χ1n) is 11.2. The summed E-state index contributed by atoms with van der Waals surface area (Å²) in [5.74, 6) is 0.496. The predicted molar refractivity (Wildman–Crippen MR) is 118 cm³/mol. The summed E-state index contributed by atoms with van der Waals surface area (Å²) in [4.78, 5) is 28.6. The molecule has 1 aliphatic carbocycles. The quantitative estimate of drug-likeness (QED) is 0.621. The molecule has 3 aliphatic rings. The minimum atomic E-state index is -0.382. The average Bonchev–Trinajstić information content (AvgIpc) is 3.47. The molecule has 3 heterocycles. The number of carbonyl (C=O) groups is 2. The zero-order valence-corrected chi connectivity index (χ0v) is 18.2. The van der Waals surface area contributed by atoms with Gasteiger partial charge in [0.2, 0.25) is 0 Å². The number of para-hydroxylation sites is 1. The van der Waals surface area contributed by atoms with Gasteiger partial charge in [-0.2, -0.15) is 0 Å². The highest BCUT2D eigenvalue weighted by Gasteiger charge is 2.49. The number of carbonyl (C=O) groups excluding carboxylic acids is 2. The highest BCUT2D eigenvalue weighted by atomic mass is 16.5. The minimum Gasteiger partial charge on any atom is -0.397 e. The van der Waals surface area contributed by atoms with Gasteiger partial charge in [-0.05, 0) is 51.2 Å². The predicted octanol–water partition coefficient (Wildman–Crippen LogP) is 2.22. The van der Waals surface area contributed by atoms with Crippen molar-refractivity contribution in [2.24, 2.45) is 0 Å². The summed E-state index contributed by atoms with van der Waals surface area (Å²) in [5, 5.41) is 7.26. The largest absolute Gasteiger partial charge is 0.397 e. The molecule has 1 spiro atoms. The number of hydrogen-bond donors (Lipinski definition) is 3. The van der Waals surface area contributed by atoms with Crippen molar-refractivity contribution in [3.05, 3.63) is 40.8 Å². The van der Waals surface area contributed by atoms with Crippen LogP contribution in [-0.4, -0.2) is 53.2 Å². The molecular weight excluding hydrogens is 410 g/mol. The Labute approximate surface area is 186 Å². The fourth-order valence-corrected chi connectivity index (χ4v) is 5.14. The third-order valence-corrected chi connectivity index (χ3v) is 7.06. The van der Waals surface area contributed by atoms with E-state index in [0.29, 0.717) is 73.2 Å². The molecule has 2 amide bonds. The summed E-state index contributed by atoms with van der Waals surface area (Å²) in [6.45, 7) is 3.32. The Morgan fingerprint density at radius 3 is 2.69 bits per heavy atom. The standard InChI is InChI=1S/C23H29N5O4/c1-13-18(20(27-32-13)14-5-6-14)21(29)26-15-11-23(7-9-31-10-8-23)28(12-15)22(30)16-3-2-4-17(24)19(16)25/h2-4,14-15H,5-12,24-25H2,1H3,(H,26,29). The molecule has 0 bridgehead atoms. The SMILES string of the molecule is Cc1onc(C2CC2)c1C(=O)NC1CN(C(=O)c2cccc(N)c2N)C2(CCOCC2)C1. The first-order chi connectivity index (χ1) is 15.4. The maximum Gasteiger partial charge on any atom is 0.257 e. The van der Waals surface area contributed by atoms with E-state index in [1.807, 2.05) is 4.90 Å². The summed E-state index contributed by atoms with van der Waals surface area (Å²) >= 11 is 0. The summed E-state index contributed by atoms with van der Waals surface area (Å²) in [6, 6.07) is 4.93. The fourth-order valence-electron chi connectivity index (χ4n) is 5.14. The second kappa shape index (κ2) is 7.81. The molecule has 1 atom stereocenters. The molecule has 1 saturated carbocycles. The lowest BCUT2D eigenvalue weighted by Crippen LogP contribution is -2.50. The number of likely N-dealkylation sites (tertiary alicyclic amines) is 1. The van der Waals surface area contributed by atoms with E-state index in [-0.39, 0.29) is 23.4 Å². The molecule has 2 aromatic rings. The normalized spacial score (nSPS) is 22.3. The molecule has 170 valence electrons. The van der Waals surface area contributed by atoms with E-state index in [2.05, 4.69) is 10.5 Å². The van der Waals surface area contributed by atoms with Crippen molar-refractivity contribution < 1.29 is 18.8 Å². The van der Waals surface area contributed by atoms with Crippen LogP contribution in [0.25, 0.3) is 0 Å². The van der Waals surface area contributed by atoms with Crippen molar-refractivity contribution in [1.82, 2.24) is 15.4 Å². The van der Waals surface area contributed by atoms with Crippen molar-refractivity contribution >= 4 is 23.2 Å². The zero-order chi connectivity index (χ0) is 22.5. The zero-order valence-electron chi connectivity index (χ0n) is 18.2. The third kappa shape index (κ3) is 3.50. The minimum absolute atomic E-state index is 0.159. The highest BCUT2D eigenvalue weighted by molar-refractivity contribution is 6.02. The van der Waals surface area contributed by atoms with Gasteiger partial charge in [0.15, 0.2) is 0 Å². The number of nitrogens with two attached hydrogens (primary N) is 2. The first kappa shape index (κ1) is 20.8. The van der Waals surface area contributed by atoms with Crippen LogP contribution in [0, 0.1) is 6.92 Å². The second-order valence-electron chi connectivity index (χ2n) is 9.21. The number of nitrogens with one attached hydrogen (secondary N) is 1. The van der Waals surface area contributed by atoms with E-state index in [1.54, 1.807) is 25.1 Å². The van der Waals surface area contributed by atoms with Crippen molar-refractivity contribution in [3.8, 4) is 0 Å². The van der Waals surface area contributed by atoms with E-state index >= 15 is 0 Å². The van der Waals surface area contributed by atoms with Crippen molar-refractivity contribution in [3.63, 3.8) is 0 Å². The first-order valence-corrected chi connectivity index (χ1v) is 11.2. The number of nitrogen functional groups attached to an aromatic ring is 2. The maximum atomic E-state index is 13.6. The number of anilines is 2. The van der Waals surface area contributed by atoms with Crippen LogP contribution in [0.2, 0.25) is 0 Å². The van der Waals surface area contributed by atoms with E-state index in [1.165, 1.54) is 0 Å². The van der Waals surface area contributed by atoms with Crippen LogP contribution in [0.4, 0.5) is 11.4 Å². The van der Waals surface area contributed by atoms with Gasteiger partial charge in [0.25, 0.3) is 11.8 Å². The smallest absolute Gasteiger partial charge is 0.257 e. The fraction of sp³-hybridized carbons (Fsp3) is 0.522. The molecule has 2 saturated heterocycles. The van der Waals surface area contributed by atoms with E-state index in [9.17, 15) is 9.59 Å². The van der Waals surface area contributed by atoms with Gasteiger partial charge in [-0.15, -0.1) is 0 Å². The monoisotopic (exact) mass is 439 g/mol. The number of nitrogens with zero attached hydrogens (tertiary/aromatic N) is 2. The van der Waals surface area contributed by atoms with Gasteiger partial charge in [0, 0.05) is 37.3 Å². The topological polar surface area (TPSA) is 137 Å². The van der Waals surface area contributed by atoms with Crippen LogP contribution in [0.3, 0.4) is 0 Å². The van der Waals surface area contributed by atoms with Gasteiger partial charge < -0.3 is 30.9 Å². The highest BCUT2D eigenvalue weighted by Crippen LogP contribution is 2.42. The van der Waals surface area contributed by atoms with Gasteiger partial charge in [-0.3, -0.25) is 9.59 Å². The molecule has 1 aromatic heterocycles. The summed E-state index contributed by atoms with van der Waals surface area (Å²) in [7, 11) is 0. The number of rotatable bonds is 4. The Hall–Kier alpha value is -3.07. The number of benzene rings is 1. The maximum absolute atomic E-state index is 13.6. The van der Waals surface area contributed by atoms with Crippen molar-refractivity contribution in [2.75, 3.05) is 31.2 Å². The average molecular weight is 440 g/mol. The molecule has 1 unspecified atom stereocenters. The molecule has 2 aliphatic heterocycles. The van der Waals surface area contributed by atoms with E-state index in [4.69, 9.17) is 20.7 Å². The van der Waals surface area contributed by atoms with Crippen LogP contribution in [0.5, 0.6) is 0 Å². The molecule has 9 heteroatoms. The second-order valence-corrected chi connectivity index (χ2v) is 9.21. The number of hydrogen-bond acceptors (Lipinski definition) is 7. The lowest BCUT2D eigenvalue weighted by molar-refractivity contribution is -0.00312. The molecular formula is C23H29N5O4. The Morgan fingerprint density at radius 2 is 1.97 bits per heavy atom. The Morgan fingerprint density at radius 1 is 1.22 bits per heavy atom. The van der Waals surface area contributed by atoms with Crippen LogP contribution in [0.15, 0.2) is 22.7 Å². The van der Waals surface area contributed by atoms with Crippen LogP contribution >= 0.6 is 0 Å². The van der Waals surface area contributed by atoms with Crippen LogP contribution in [0.1, 0.15) is 70.2 Å². The number of aromatic nitrogens is 1. The van der Waals surface area contributed by atoms with Gasteiger partial charge in [0.1, 0.15) is 11.3 Å². The molecule has 32 heavy (non-hydrogen) atoms. The number of aryl methyl sites for hydroxylation is 1. The van der Waals surface area contributed by atoms with E-state index < -0.39 is 0 Å². The van der Waals surface area contributed by atoms with Crippen LogP contribution in [-0.2, 0) is 4.74 Å². The molecule has 3 fully saturated rings. The lowest BCUT2D eigenvalue weighted by Gasteiger charge is -2.41. The Balaban J connectivity index is 1.40. The Kier molecular flexibility index (Phi) is 5.08. The van der Waals surface area contributed by atoms with Gasteiger partial charge in [0.05, 0.1) is 22.6 Å². The molecule has 0 radical (unpaired) electrons. The molecule has 1 aromatic carbocycles. The summed E-state index contributed by atoms with van der Waals surface area (Å²) in [6.07, 6.45) is 4.16. The van der Waals surface area contributed by atoms with E-state index in [0.717, 1.165) is 18.5 Å². The summed E-state index contributed by atoms with van der Waals surface area (Å²) < 4.78 is 10.9. The molecule has 9 nitrogen and oxygen atoms in total.